The van der Waals surface area contributed by atoms with Crippen LogP contribution in [0.2, 0.25) is 0 Å². The van der Waals surface area contributed by atoms with Gasteiger partial charge in [-0.25, -0.2) is 4.79 Å². The average molecular weight is 531 g/mol. The highest BCUT2D eigenvalue weighted by molar-refractivity contribution is 8.45. The van der Waals surface area contributed by atoms with Crippen LogP contribution in [0, 0.1) is 10.1 Å². The minimum atomic E-state index is -10.2. The van der Waals surface area contributed by atoms with Crippen molar-refractivity contribution in [2.45, 2.75) is 36.8 Å². The molecule has 1 heterocycles. The number of alkyl halides is 3. The quantitative estimate of drug-likeness (QED) is 0.150. The third-order valence-electron chi connectivity index (χ3n) is 3.87. The second-order valence-electron chi connectivity index (χ2n) is 6.58. The highest BCUT2D eigenvalue weighted by Gasteiger charge is 2.65. The molecule has 34 heavy (non-hydrogen) atoms. The molecule has 0 bridgehead atoms. The number of carbonyl (C=O) groups is 2. The Bertz CT molecular complexity index is 1040. The fourth-order valence-electron chi connectivity index (χ4n) is 2.52. The van der Waals surface area contributed by atoms with Crippen LogP contribution in [0.4, 0.5) is 32.6 Å². The molecule has 1 aliphatic rings. The van der Waals surface area contributed by atoms with E-state index in [0.29, 0.717) is 0 Å². The van der Waals surface area contributed by atoms with E-state index >= 15 is 0 Å². The summed E-state index contributed by atoms with van der Waals surface area (Å²) in [6.07, 6.45) is -10.7. The van der Waals surface area contributed by atoms with Crippen molar-refractivity contribution >= 4 is 28.2 Å². The first-order valence-electron chi connectivity index (χ1n) is 8.68. The van der Waals surface area contributed by atoms with Crippen LogP contribution in [0.5, 0.6) is 5.75 Å². The number of fused-ring (bicyclic) bond motifs is 1. The Balaban J connectivity index is 2.29. The Labute approximate surface area is 184 Å². The lowest BCUT2D eigenvalue weighted by molar-refractivity contribution is -0.757. The summed E-state index contributed by atoms with van der Waals surface area (Å²) < 4.78 is 119. The molecule has 0 radical (unpaired) electrons. The van der Waals surface area contributed by atoms with E-state index in [-0.39, 0.29) is 24.3 Å². The Morgan fingerprint density at radius 2 is 1.79 bits per heavy atom. The van der Waals surface area contributed by atoms with Gasteiger partial charge in [-0.05, 0) is 24.3 Å². The predicted molar refractivity (Wildman–Crippen MR) is 95.5 cm³/mol. The minimum Gasteiger partial charge on any atom is -0.475 e. The summed E-state index contributed by atoms with van der Waals surface area (Å²) in [6, 6.07) is -0.0952. The maximum absolute atomic E-state index is 13.4. The summed E-state index contributed by atoms with van der Waals surface area (Å²) in [5, 5.41) is 8.76. The van der Waals surface area contributed by atoms with Gasteiger partial charge in [0.25, 0.3) is 5.09 Å². The maximum atomic E-state index is 13.4. The number of hydrogen-bond donors (Lipinski definition) is 0. The van der Waals surface area contributed by atoms with Gasteiger partial charge in [-0.2, -0.15) is 13.2 Å². The lowest BCUT2D eigenvalue weighted by Crippen LogP contribution is -2.41. The third-order valence-corrected chi connectivity index (χ3v) is 5.02. The zero-order chi connectivity index (χ0) is 26.2. The molecule has 2 unspecified atom stereocenters. The van der Waals surface area contributed by atoms with E-state index in [4.69, 9.17) is 0 Å². The van der Waals surface area contributed by atoms with Crippen molar-refractivity contribution in [1.82, 2.24) is 0 Å². The molecule has 0 N–H and O–H groups in total. The Morgan fingerprint density at radius 1 is 1.18 bits per heavy atom. The lowest BCUT2D eigenvalue weighted by Gasteiger charge is -2.41. The SMILES string of the molecule is CC(OC(=O)CCO[N+](=O)[O-])OC(=O)C1=Cc2cc(S(F)(F)(F)(F)F)ccc2OC1C(F)(F)F. The van der Waals surface area contributed by atoms with Crippen LogP contribution >= 0.6 is 10.2 Å². The number of ether oxygens (including phenoxy) is 3. The van der Waals surface area contributed by atoms with E-state index < -0.39 is 80.6 Å². The molecule has 0 amide bonds. The van der Waals surface area contributed by atoms with Crippen LogP contribution in [0.15, 0.2) is 28.7 Å². The van der Waals surface area contributed by atoms with Gasteiger partial charge in [-0.15, -0.1) is 10.1 Å². The van der Waals surface area contributed by atoms with Crippen molar-refractivity contribution < 1.29 is 66.3 Å². The average Bonchev–Trinajstić information content (AvgIpc) is 2.63. The summed E-state index contributed by atoms with van der Waals surface area (Å²) in [4.78, 5) is 35.1. The maximum Gasteiger partial charge on any atom is 0.430 e. The topological polar surface area (TPSA) is 114 Å². The molecular formula is C16H13F8NO8S. The van der Waals surface area contributed by atoms with Crippen molar-refractivity contribution in [3.8, 4) is 5.75 Å². The van der Waals surface area contributed by atoms with E-state index in [1.54, 1.807) is 0 Å². The monoisotopic (exact) mass is 531 g/mol. The molecule has 1 aromatic carbocycles. The number of carbonyl (C=O) groups excluding carboxylic acids is 2. The van der Waals surface area contributed by atoms with E-state index in [0.717, 1.165) is 6.92 Å². The zero-order valence-corrected chi connectivity index (χ0v) is 17.3. The largest absolute Gasteiger partial charge is 0.475 e. The smallest absolute Gasteiger partial charge is 0.430 e. The number of halogens is 8. The second kappa shape index (κ2) is 8.17. The molecule has 1 aliphatic heterocycles. The summed E-state index contributed by atoms with van der Waals surface area (Å²) in [7, 11) is -10.2. The molecule has 1 aromatic rings. The van der Waals surface area contributed by atoms with Crippen molar-refractivity contribution in [3.63, 3.8) is 0 Å². The standard InChI is InChI=1S/C16H13F8NO8S/c1-8(31-13(26)4-5-30-25(28)29)32-15(27)11-7-9-6-10(34(20,21,22,23)24)2-3-12(9)33-14(11)16(17,18)19/h2-3,6-8,14H,4-5H2,1H3. The second-order valence-corrected chi connectivity index (χ2v) is 8.99. The molecule has 0 fully saturated rings. The molecular weight excluding hydrogens is 518 g/mol. The number of hydrogen-bond acceptors (Lipinski definition) is 8. The first-order chi connectivity index (χ1) is 15.2. The van der Waals surface area contributed by atoms with E-state index in [1.807, 2.05) is 0 Å². The summed E-state index contributed by atoms with van der Waals surface area (Å²) in [5.74, 6) is -3.93. The van der Waals surface area contributed by atoms with Gasteiger partial charge in [0.2, 0.25) is 12.4 Å². The van der Waals surface area contributed by atoms with Gasteiger partial charge in [0, 0.05) is 12.5 Å². The normalized spacial score (nSPS) is 18.7. The van der Waals surface area contributed by atoms with Crippen molar-refractivity contribution in [2.75, 3.05) is 6.61 Å². The summed E-state index contributed by atoms with van der Waals surface area (Å²) in [5.41, 5.74) is -2.33. The van der Waals surface area contributed by atoms with Crippen LogP contribution in [-0.2, 0) is 23.9 Å². The van der Waals surface area contributed by atoms with E-state index in [1.165, 1.54) is 0 Å². The van der Waals surface area contributed by atoms with Crippen LogP contribution in [0.3, 0.4) is 0 Å². The molecule has 9 nitrogen and oxygen atoms in total. The number of nitrogens with zero attached hydrogens (tertiary/aromatic N) is 1. The molecule has 0 saturated carbocycles. The van der Waals surface area contributed by atoms with Crippen LogP contribution in [0.25, 0.3) is 6.08 Å². The highest BCUT2D eigenvalue weighted by atomic mass is 32.5. The first-order valence-corrected chi connectivity index (χ1v) is 10.6. The molecule has 2 rings (SSSR count). The predicted octanol–water partition coefficient (Wildman–Crippen LogP) is 5.08. The van der Waals surface area contributed by atoms with Crippen molar-refractivity contribution in [1.29, 1.82) is 0 Å². The van der Waals surface area contributed by atoms with Gasteiger partial charge in [0.15, 0.2) is 0 Å². The van der Waals surface area contributed by atoms with Crippen molar-refractivity contribution in [3.05, 3.63) is 39.4 Å². The molecule has 0 aromatic heterocycles. The van der Waals surface area contributed by atoms with Gasteiger partial charge in [-0.1, -0.05) is 19.4 Å². The summed E-state index contributed by atoms with van der Waals surface area (Å²) in [6.45, 7) is 0.129. The highest BCUT2D eigenvalue weighted by Crippen LogP contribution is 3.02. The molecule has 0 saturated heterocycles. The lowest BCUT2D eigenvalue weighted by atomic mass is 10.0. The zero-order valence-electron chi connectivity index (χ0n) is 16.5. The Hall–Kier alpha value is -3.31. The van der Waals surface area contributed by atoms with E-state index in [9.17, 15) is 52.3 Å². The van der Waals surface area contributed by atoms with Gasteiger partial charge >= 0.3 is 28.3 Å². The number of esters is 2. The van der Waals surface area contributed by atoms with Crippen LogP contribution < -0.4 is 4.74 Å². The molecule has 0 spiro atoms. The summed E-state index contributed by atoms with van der Waals surface area (Å²) >= 11 is 0. The molecule has 0 aliphatic carbocycles. The van der Waals surface area contributed by atoms with Gasteiger partial charge in [0.1, 0.15) is 17.3 Å². The Morgan fingerprint density at radius 3 is 2.32 bits per heavy atom. The van der Waals surface area contributed by atoms with Gasteiger partial charge in [-0.3, -0.25) is 4.79 Å². The first kappa shape index (κ1) is 26.9. The molecule has 2 atom stereocenters. The Kier molecular flexibility index (Phi) is 6.47. The minimum absolute atomic E-state index is 0.158. The fraction of sp³-hybridized carbons (Fsp3) is 0.375. The van der Waals surface area contributed by atoms with E-state index in [2.05, 4.69) is 19.0 Å². The van der Waals surface area contributed by atoms with Crippen molar-refractivity contribution in [2.24, 2.45) is 0 Å². The molecule has 192 valence electrons. The van der Waals surface area contributed by atoms with Crippen LogP contribution in [0.1, 0.15) is 18.9 Å². The number of rotatable bonds is 8. The fourth-order valence-corrected chi connectivity index (χ4v) is 3.19. The van der Waals surface area contributed by atoms with Gasteiger partial charge in [0.05, 0.1) is 12.0 Å². The molecule has 18 heteroatoms. The van der Waals surface area contributed by atoms with Gasteiger partial charge < -0.3 is 19.0 Å². The third kappa shape index (κ3) is 7.09. The van der Waals surface area contributed by atoms with Crippen LogP contribution in [-0.4, -0.2) is 42.2 Å². The number of benzene rings is 1.